The van der Waals surface area contributed by atoms with Crippen LogP contribution >= 0.6 is 23.8 Å². The lowest BCUT2D eigenvalue weighted by Gasteiger charge is -2.30. The maximum absolute atomic E-state index is 12.8. The van der Waals surface area contributed by atoms with Crippen molar-refractivity contribution < 1.29 is 19.4 Å². The lowest BCUT2D eigenvalue weighted by Crippen LogP contribution is -2.58. The number of nitrogens with zero attached hydrogens (tertiary/aromatic N) is 4. The fourth-order valence-corrected chi connectivity index (χ4v) is 3.04. The quantitative estimate of drug-likeness (QED) is 0.218. The smallest absolute Gasteiger partial charge is 0.301 e. The second-order valence-corrected chi connectivity index (χ2v) is 6.85. The van der Waals surface area contributed by atoms with Crippen molar-refractivity contribution in [3.63, 3.8) is 0 Å². The molecule has 1 saturated heterocycles. The van der Waals surface area contributed by atoms with Crippen molar-refractivity contribution in [1.82, 2.24) is 5.32 Å². The van der Waals surface area contributed by atoms with Crippen LogP contribution in [-0.4, -0.2) is 33.0 Å². The van der Waals surface area contributed by atoms with E-state index in [0.717, 1.165) is 29.3 Å². The van der Waals surface area contributed by atoms with Crippen LogP contribution in [0.25, 0.3) is 0 Å². The molecule has 1 heterocycles. The number of carbonyl (C=O) groups is 2. The molecular formula is C17H11ClN6O6S. The molecule has 0 aromatic heterocycles. The van der Waals surface area contributed by atoms with E-state index in [1.165, 1.54) is 12.1 Å². The number of thiocarbonyl (C=S) groups is 1. The van der Waals surface area contributed by atoms with Gasteiger partial charge < -0.3 is 5.32 Å². The average Bonchev–Trinajstić information content (AvgIpc) is 2.71. The summed E-state index contributed by atoms with van der Waals surface area (Å²) in [5, 5.41) is 28.4. The Morgan fingerprint density at radius 1 is 1.13 bits per heavy atom. The van der Waals surface area contributed by atoms with E-state index in [1.807, 2.05) is 0 Å². The van der Waals surface area contributed by atoms with Gasteiger partial charge in [0.15, 0.2) is 11.0 Å². The number of nitro benzene ring substituents is 2. The van der Waals surface area contributed by atoms with Gasteiger partial charge in [-0.25, -0.2) is 0 Å². The van der Waals surface area contributed by atoms with Crippen molar-refractivity contribution in [3.8, 4) is 0 Å². The number of non-ortho nitro benzene ring substituents is 1. The number of benzene rings is 2. The van der Waals surface area contributed by atoms with Crippen LogP contribution in [0.4, 0.5) is 22.7 Å². The van der Waals surface area contributed by atoms with Crippen molar-refractivity contribution in [2.24, 2.45) is 11.0 Å². The van der Waals surface area contributed by atoms with Crippen LogP contribution in [0.5, 0.6) is 0 Å². The number of halogens is 1. The van der Waals surface area contributed by atoms with Gasteiger partial charge in [-0.05, 0) is 42.5 Å². The summed E-state index contributed by atoms with van der Waals surface area (Å²) in [6, 6.07) is 9.06. The van der Waals surface area contributed by atoms with Crippen molar-refractivity contribution in [2.45, 2.75) is 0 Å². The van der Waals surface area contributed by atoms with Gasteiger partial charge in [-0.15, -0.1) is 0 Å². The van der Waals surface area contributed by atoms with Crippen LogP contribution in [-0.2, 0) is 9.59 Å². The highest BCUT2D eigenvalue weighted by Crippen LogP contribution is 2.29. The molecule has 31 heavy (non-hydrogen) atoms. The molecule has 1 aliphatic rings. The molecule has 2 aromatic rings. The number of hydrogen-bond acceptors (Lipinski definition) is 9. The molecule has 0 radical (unpaired) electrons. The van der Waals surface area contributed by atoms with E-state index >= 15 is 0 Å². The van der Waals surface area contributed by atoms with E-state index in [-0.39, 0.29) is 10.8 Å². The van der Waals surface area contributed by atoms with E-state index in [4.69, 9.17) is 23.8 Å². The zero-order valence-electron chi connectivity index (χ0n) is 15.2. The predicted octanol–water partition coefficient (Wildman–Crippen LogP) is 2.62. The Labute approximate surface area is 183 Å². The molecule has 0 spiro atoms. The maximum Gasteiger partial charge on any atom is 0.301 e. The fraction of sp³-hybridized carbons (Fsp3) is 0.0588. The Kier molecular flexibility index (Phi) is 6.17. The van der Waals surface area contributed by atoms with E-state index in [1.54, 1.807) is 12.1 Å². The Morgan fingerprint density at radius 2 is 1.81 bits per heavy atom. The molecule has 1 fully saturated rings. The molecule has 0 saturated carbocycles. The predicted molar refractivity (Wildman–Crippen MR) is 115 cm³/mol. The first kappa shape index (κ1) is 21.7. The minimum absolute atomic E-state index is 0.124. The van der Waals surface area contributed by atoms with Gasteiger partial charge in [-0.3, -0.25) is 40.1 Å². The zero-order chi connectivity index (χ0) is 22.7. The van der Waals surface area contributed by atoms with Crippen LogP contribution < -0.4 is 15.6 Å². The number of amides is 2. The number of carbonyl (C=O) groups excluding carboxylic acids is 2. The second-order valence-electron chi connectivity index (χ2n) is 6.03. The van der Waals surface area contributed by atoms with Gasteiger partial charge in [0.2, 0.25) is 5.91 Å². The minimum Gasteiger partial charge on any atom is -0.301 e. The first-order chi connectivity index (χ1) is 14.7. The van der Waals surface area contributed by atoms with Gasteiger partial charge in [0, 0.05) is 17.3 Å². The zero-order valence-corrected chi connectivity index (χ0v) is 16.8. The molecule has 3 rings (SSSR count). The molecule has 0 aliphatic carbocycles. The number of anilines is 2. The summed E-state index contributed by atoms with van der Waals surface area (Å²) in [4.78, 5) is 46.5. The minimum atomic E-state index is -1.38. The van der Waals surface area contributed by atoms with E-state index in [2.05, 4.69) is 15.8 Å². The van der Waals surface area contributed by atoms with Crippen molar-refractivity contribution >= 4 is 69.7 Å². The molecule has 2 amide bonds. The third-order valence-corrected chi connectivity index (χ3v) is 4.62. The molecule has 1 aliphatic heterocycles. The number of nitro groups is 2. The highest BCUT2D eigenvalue weighted by molar-refractivity contribution is 7.80. The number of hydrazone groups is 1. The summed E-state index contributed by atoms with van der Waals surface area (Å²) in [5.41, 5.74) is 1.45. The van der Waals surface area contributed by atoms with Crippen LogP contribution in [0, 0.1) is 26.1 Å². The lowest BCUT2D eigenvalue weighted by atomic mass is 10.1. The van der Waals surface area contributed by atoms with Crippen molar-refractivity contribution in [1.29, 1.82) is 0 Å². The number of nitrogens with one attached hydrogen (secondary N) is 2. The number of rotatable bonds is 6. The summed E-state index contributed by atoms with van der Waals surface area (Å²) < 4.78 is 0. The standard InChI is InChI=1S/C17H11ClN6O6S/c18-9-1-3-10(4-2-9)22-16(26)12(15(25)20-17(22)31)8-19-21-13-6-5-11(23(27)28)7-14(13)24(29)30/h1-8,12,21H,(H,20,25,31)/b19-8-/t12-/m1/s1. The van der Waals surface area contributed by atoms with Crippen molar-refractivity contribution in [3.05, 3.63) is 67.7 Å². The normalized spacial score (nSPS) is 16.4. The fourth-order valence-electron chi connectivity index (χ4n) is 2.62. The summed E-state index contributed by atoms with van der Waals surface area (Å²) in [5.74, 6) is -2.81. The maximum atomic E-state index is 12.8. The van der Waals surface area contributed by atoms with E-state index in [9.17, 15) is 29.8 Å². The van der Waals surface area contributed by atoms with Gasteiger partial charge >= 0.3 is 5.69 Å². The van der Waals surface area contributed by atoms with Crippen LogP contribution in [0.1, 0.15) is 0 Å². The molecule has 12 nitrogen and oxygen atoms in total. The van der Waals surface area contributed by atoms with Crippen LogP contribution in [0.3, 0.4) is 0 Å². The summed E-state index contributed by atoms with van der Waals surface area (Å²) in [7, 11) is 0. The highest BCUT2D eigenvalue weighted by Gasteiger charge is 2.38. The Balaban J connectivity index is 1.83. The van der Waals surface area contributed by atoms with E-state index < -0.39 is 39.0 Å². The van der Waals surface area contributed by atoms with E-state index in [0.29, 0.717) is 10.7 Å². The molecule has 0 bridgehead atoms. The van der Waals surface area contributed by atoms with Gasteiger partial charge in [0.05, 0.1) is 21.6 Å². The summed E-state index contributed by atoms with van der Waals surface area (Å²) in [6.45, 7) is 0. The molecule has 158 valence electrons. The Morgan fingerprint density at radius 3 is 2.42 bits per heavy atom. The lowest BCUT2D eigenvalue weighted by molar-refractivity contribution is -0.393. The first-order valence-electron chi connectivity index (χ1n) is 8.35. The summed E-state index contributed by atoms with van der Waals surface area (Å²) >= 11 is 10.9. The first-order valence-corrected chi connectivity index (χ1v) is 9.14. The van der Waals surface area contributed by atoms with Gasteiger partial charge in [-0.2, -0.15) is 5.10 Å². The Hall–Kier alpha value is -3.97. The topological polar surface area (TPSA) is 160 Å². The summed E-state index contributed by atoms with van der Waals surface area (Å²) in [6.07, 6.45) is 0.952. The number of hydrogen-bond donors (Lipinski definition) is 2. The van der Waals surface area contributed by atoms with Crippen LogP contribution in [0.2, 0.25) is 5.02 Å². The average molecular weight is 463 g/mol. The third kappa shape index (κ3) is 4.62. The third-order valence-electron chi connectivity index (χ3n) is 4.08. The second kappa shape index (κ2) is 8.81. The molecular weight excluding hydrogens is 452 g/mol. The molecule has 2 N–H and O–H groups in total. The monoisotopic (exact) mass is 462 g/mol. The Bertz CT molecular complexity index is 1140. The molecule has 14 heteroatoms. The molecule has 0 unspecified atom stereocenters. The molecule has 1 atom stereocenters. The van der Waals surface area contributed by atoms with Gasteiger partial charge in [0.1, 0.15) is 5.69 Å². The largest absolute Gasteiger partial charge is 0.301 e. The van der Waals surface area contributed by atoms with Crippen LogP contribution in [0.15, 0.2) is 47.6 Å². The molecule has 2 aromatic carbocycles. The van der Waals surface area contributed by atoms with Crippen molar-refractivity contribution in [2.75, 3.05) is 10.3 Å². The highest BCUT2D eigenvalue weighted by atomic mass is 35.5. The van der Waals surface area contributed by atoms with Gasteiger partial charge in [0.25, 0.3) is 11.6 Å². The van der Waals surface area contributed by atoms with Gasteiger partial charge in [-0.1, -0.05) is 11.6 Å². The SMILES string of the molecule is O=C1NC(=S)N(c2ccc(Cl)cc2)C(=O)[C@@H]1/C=N\Nc1ccc([N+](=O)[O-])cc1[N+](=O)[O-].